The molecule has 1 aliphatic carbocycles. The van der Waals surface area contributed by atoms with E-state index in [0.29, 0.717) is 12.6 Å². The van der Waals surface area contributed by atoms with E-state index in [2.05, 4.69) is 15.6 Å². The van der Waals surface area contributed by atoms with Crippen LogP contribution in [0.1, 0.15) is 38.5 Å². The first-order chi connectivity index (χ1) is 11.3. The Morgan fingerprint density at radius 3 is 2.67 bits per heavy atom. The predicted molar refractivity (Wildman–Crippen MR) is 110 cm³/mol. The smallest absolute Gasteiger partial charge is 0.191 e. The molecule has 2 N–H and O–H groups in total. The van der Waals surface area contributed by atoms with Gasteiger partial charge in [-0.15, -0.1) is 24.0 Å². The lowest BCUT2D eigenvalue weighted by Crippen LogP contribution is -2.44. The molecule has 24 heavy (non-hydrogen) atoms. The Hall–Kier alpha value is -1.18. The summed E-state index contributed by atoms with van der Waals surface area (Å²) in [5, 5.41) is 6.87. The van der Waals surface area contributed by atoms with Crippen LogP contribution in [0.4, 0.5) is 0 Å². The monoisotopic (exact) mass is 447 g/mol. The van der Waals surface area contributed by atoms with Crippen LogP contribution in [0.5, 0.6) is 11.5 Å². The van der Waals surface area contributed by atoms with Crippen molar-refractivity contribution in [2.24, 2.45) is 4.99 Å². The summed E-state index contributed by atoms with van der Waals surface area (Å²) >= 11 is 0. The molecule has 1 aromatic carbocycles. The van der Waals surface area contributed by atoms with Gasteiger partial charge in [0.1, 0.15) is 11.5 Å². The number of rotatable bonds is 7. The summed E-state index contributed by atoms with van der Waals surface area (Å²) in [6.07, 6.45) is 7.43. The third kappa shape index (κ3) is 7.59. The number of nitrogens with zero attached hydrogens (tertiary/aromatic N) is 1. The molecule has 1 saturated carbocycles. The average molecular weight is 447 g/mol. The number of methoxy groups -OCH3 is 1. The van der Waals surface area contributed by atoms with Gasteiger partial charge >= 0.3 is 0 Å². The highest BCUT2D eigenvalue weighted by Gasteiger charge is 2.14. The summed E-state index contributed by atoms with van der Waals surface area (Å²) in [5.41, 5.74) is 0. The minimum atomic E-state index is 0. The molecule has 0 amide bonds. The van der Waals surface area contributed by atoms with Crippen molar-refractivity contribution in [3.63, 3.8) is 0 Å². The van der Waals surface area contributed by atoms with Crippen molar-refractivity contribution in [2.45, 2.75) is 44.6 Å². The molecule has 136 valence electrons. The topological polar surface area (TPSA) is 54.9 Å². The highest BCUT2D eigenvalue weighted by Crippen LogP contribution is 2.19. The number of halogens is 1. The number of nitrogens with one attached hydrogen (secondary N) is 2. The Labute approximate surface area is 162 Å². The van der Waals surface area contributed by atoms with E-state index >= 15 is 0 Å². The number of hydrogen-bond donors (Lipinski definition) is 2. The van der Waals surface area contributed by atoms with Crippen LogP contribution in [-0.2, 0) is 0 Å². The molecule has 0 heterocycles. The molecular weight excluding hydrogens is 417 g/mol. The summed E-state index contributed by atoms with van der Waals surface area (Å²) in [4.78, 5) is 4.30. The maximum atomic E-state index is 5.73. The molecule has 0 spiro atoms. The Bertz CT molecular complexity index is 491. The first kappa shape index (κ1) is 20.9. The first-order valence-electron chi connectivity index (χ1n) is 8.56. The van der Waals surface area contributed by atoms with Crippen molar-refractivity contribution in [3.05, 3.63) is 24.3 Å². The third-order valence-corrected chi connectivity index (χ3v) is 4.09. The van der Waals surface area contributed by atoms with E-state index in [1.807, 2.05) is 31.3 Å². The van der Waals surface area contributed by atoms with Crippen LogP contribution in [-0.4, -0.2) is 39.3 Å². The van der Waals surface area contributed by atoms with Gasteiger partial charge in [-0.25, -0.2) is 0 Å². The van der Waals surface area contributed by atoms with Crippen molar-refractivity contribution in [1.82, 2.24) is 10.6 Å². The van der Waals surface area contributed by atoms with Crippen LogP contribution in [0.2, 0.25) is 0 Å². The summed E-state index contributed by atoms with van der Waals surface area (Å²) in [7, 11) is 3.48. The SMILES string of the molecule is CN=C(NCCCOc1cccc(OC)c1)NC1CCCCC1.I. The van der Waals surface area contributed by atoms with Crippen molar-refractivity contribution in [2.75, 3.05) is 27.3 Å². The minimum Gasteiger partial charge on any atom is -0.497 e. The molecule has 6 heteroatoms. The molecule has 0 radical (unpaired) electrons. The summed E-state index contributed by atoms with van der Waals surface area (Å²) in [6.45, 7) is 1.51. The second-order valence-corrected chi connectivity index (χ2v) is 5.86. The second kappa shape index (κ2) is 12.2. The maximum Gasteiger partial charge on any atom is 0.191 e. The number of aliphatic imine (C=N–C) groups is 1. The summed E-state index contributed by atoms with van der Waals surface area (Å²) in [6, 6.07) is 8.26. The van der Waals surface area contributed by atoms with Crippen molar-refractivity contribution in [3.8, 4) is 11.5 Å². The molecule has 0 atom stereocenters. The van der Waals surface area contributed by atoms with Crippen LogP contribution < -0.4 is 20.1 Å². The van der Waals surface area contributed by atoms with Gasteiger partial charge in [0.2, 0.25) is 0 Å². The fraction of sp³-hybridized carbons (Fsp3) is 0.611. The summed E-state index contributed by atoms with van der Waals surface area (Å²) in [5.74, 6) is 2.56. The second-order valence-electron chi connectivity index (χ2n) is 5.86. The molecule has 0 saturated heterocycles. The van der Waals surface area contributed by atoms with Gasteiger partial charge in [-0.2, -0.15) is 0 Å². The Kier molecular flexibility index (Phi) is 10.6. The normalized spacial score (nSPS) is 15.3. The Balaban J connectivity index is 0.00000288. The lowest BCUT2D eigenvalue weighted by Gasteiger charge is -2.24. The lowest BCUT2D eigenvalue weighted by molar-refractivity contribution is 0.308. The van der Waals surface area contributed by atoms with Gasteiger partial charge < -0.3 is 20.1 Å². The van der Waals surface area contributed by atoms with Gasteiger partial charge in [0.05, 0.1) is 13.7 Å². The Morgan fingerprint density at radius 2 is 1.96 bits per heavy atom. The van der Waals surface area contributed by atoms with E-state index in [-0.39, 0.29) is 24.0 Å². The molecule has 0 aromatic heterocycles. The summed E-state index contributed by atoms with van der Waals surface area (Å²) < 4.78 is 10.9. The molecule has 1 aliphatic rings. The molecule has 2 rings (SSSR count). The van der Waals surface area contributed by atoms with Crippen LogP contribution >= 0.6 is 24.0 Å². The quantitative estimate of drug-likeness (QED) is 0.291. The Morgan fingerprint density at radius 1 is 1.21 bits per heavy atom. The molecule has 0 aliphatic heterocycles. The van der Waals surface area contributed by atoms with E-state index in [9.17, 15) is 0 Å². The van der Waals surface area contributed by atoms with Crippen LogP contribution in [0, 0.1) is 0 Å². The molecule has 1 fully saturated rings. The lowest BCUT2D eigenvalue weighted by atomic mass is 9.96. The first-order valence-corrected chi connectivity index (χ1v) is 8.56. The molecule has 1 aromatic rings. The van der Waals surface area contributed by atoms with Gasteiger partial charge in [0.25, 0.3) is 0 Å². The van der Waals surface area contributed by atoms with Crippen molar-refractivity contribution in [1.29, 1.82) is 0 Å². The van der Waals surface area contributed by atoms with E-state index in [0.717, 1.165) is 30.4 Å². The van der Waals surface area contributed by atoms with E-state index < -0.39 is 0 Å². The minimum absolute atomic E-state index is 0. The fourth-order valence-corrected chi connectivity index (χ4v) is 2.79. The van der Waals surface area contributed by atoms with Crippen LogP contribution in [0.25, 0.3) is 0 Å². The average Bonchev–Trinajstić information content (AvgIpc) is 2.61. The van der Waals surface area contributed by atoms with E-state index in [1.54, 1.807) is 7.11 Å². The standard InChI is InChI=1S/C18H29N3O2.HI/c1-19-18(21-15-8-4-3-5-9-15)20-12-7-13-23-17-11-6-10-16(14-17)22-2;/h6,10-11,14-15H,3-5,7-9,12-13H2,1-2H3,(H2,19,20,21);1H. The van der Waals surface area contributed by atoms with Gasteiger partial charge in [-0.05, 0) is 31.4 Å². The molecule has 5 nitrogen and oxygen atoms in total. The highest BCUT2D eigenvalue weighted by atomic mass is 127. The maximum absolute atomic E-state index is 5.73. The van der Waals surface area contributed by atoms with E-state index in [4.69, 9.17) is 9.47 Å². The number of ether oxygens (including phenoxy) is 2. The zero-order valence-electron chi connectivity index (χ0n) is 14.7. The van der Waals surface area contributed by atoms with Crippen molar-refractivity contribution >= 4 is 29.9 Å². The largest absolute Gasteiger partial charge is 0.497 e. The third-order valence-electron chi connectivity index (χ3n) is 4.09. The van der Waals surface area contributed by atoms with Crippen molar-refractivity contribution < 1.29 is 9.47 Å². The zero-order chi connectivity index (χ0) is 16.3. The van der Waals surface area contributed by atoms with Gasteiger partial charge in [-0.3, -0.25) is 4.99 Å². The van der Waals surface area contributed by atoms with Crippen LogP contribution in [0.15, 0.2) is 29.3 Å². The van der Waals surface area contributed by atoms with Gasteiger partial charge in [0, 0.05) is 25.7 Å². The number of guanidine groups is 1. The molecule has 0 unspecified atom stereocenters. The fourth-order valence-electron chi connectivity index (χ4n) is 2.79. The predicted octanol–water partition coefficient (Wildman–Crippen LogP) is 3.58. The zero-order valence-corrected chi connectivity index (χ0v) is 17.0. The number of benzene rings is 1. The van der Waals surface area contributed by atoms with Gasteiger partial charge in [0.15, 0.2) is 5.96 Å². The van der Waals surface area contributed by atoms with Gasteiger partial charge in [-0.1, -0.05) is 25.3 Å². The highest BCUT2D eigenvalue weighted by molar-refractivity contribution is 14.0. The molecular formula is C18H30IN3O2. The molecule has 0 bridgehead atoms. The number of hydrogen-bond acceptors (Lipinski definition) is 3. The van der Waals surface area contributed by atoms with E-state index in [1.165, 1.54) is 32.1 Å². The van der Waals surface area contributed by atoms with Crippen LogP contribution in [0.3, 0.4) is 0 Å².